The maximum absolute atomic E-state index is 15.5. The van der Waals surface area contributed by atoms with E-state index in [4.69, 9.17) is 4.74 Å². The number of alkyl halides is 1. The zero-order chi connectivity index (χ0) is 26.4. The monoisotopic (exact) mass is 532 g/mol. The van der Waals surface area contributed by atoms with Crippen LogP contribution in [0.25, 0.3) is 10.9 Å². The fraction of sp³-hybridized carbons (Fsp3) is 0.429. The Labute approximate surface area is 219 Å². The molecule has 0 aliphatic carbocycles. The molecule has 198 valence electrons. The van der Waals surface area contributed by atoms with E-state index >= 15 is 4.39 Å². The van der Waals surface area contributed by atoms with Gasteiger partial charge in [-0.05, 0) is 79.6 Å². The van der Waals surface area contributed by atoms with Gasteiger partial charge in [-0.1, -0.05) is 0 Å². The van der Waals surface area contributed by atoms with Gasteiger partial charge >= 0.3 is 5.97 Å². The molecule has 4 rings (SSSR count). The lowest BCUT2D eigenvalue weighted by atomic mass is 9.79. The van der Waals surface area contributed by atoms with Crippen molar-refractivity contribution in [3.63, 3.8) is 0 Å². The maximum Gasteiger partial charge on any atom is 0.303 e. The lowest BCUT2D eigenvalue weighted by molar-refractivity contribution is -0.139. The Kier molecular flexibility index (Phi) is 9.32. The summed E-state index contributed by atoms with van der Waals surface area (Å²) < 4.78 is 47.6. The molecule has 0 radical (unpaired) electrons. The first kappa shape index (κ1) is 27.3. The van der Waals surface area contributed by atoms with Crippen LogP contribution < -0.4 is 4.74 Å². The number of nitrogens with zero attached hydrogens (tertiary/aromatic N) is 2. The number of piperidine rings is 1. The number of hydrogen-bond donors (Lipinski definition) is 1. The molecular weight excluding hydrogens is 501 g/mol. The third-order valence-corrected chi connectivity index (χ3v) is 7.99. The number of aliphatic carboxylic acids is 1. The van der Waals surface area contributed by atoms with Crippen LogP contribution >= 0.6 is 11.8 Å². The van der Waals surface area contributed by atoms with Crippen LogP contribution in [0.1, 0.15) is 37.4 Å². The predicted octanol–water partition coefficient (Wildman–Crippen LogP) is 6.52. The molecule has 1 aliphatic heterocycles. The molecule has 2 heterocycles. The standard InChI is InChI=1S/C28H31F3N2O3S/c1-36-22-3-5-27-25(16-22)24(6-8-32-27)26(31)4-2-18-7-9-33(17-19(18)12-28(34)35)10-11-37-23-14-20(29)13-21(30)15-23/h3,5-6,8,13-16,18-19,26H,2,4,7,9-12,17H2,1H3,(H,34,35)/t18-,19+,26?/m1/s1. The van der Waals surface area contributed by atoms with Crippen LogP contribution in [0.2, 0.25) is 0 Å². The van der Waals surface area contributed by atoms with Crippen LogP contribution in [-0.2, 0) is 4.79 Å². The smallest absolute Gasteiger partial charge is 0.303 e. The summed E-state index contributed by atoms with van der Waals surface area (Å²) in [6.45, 7) is 2.08. The molecule has 1 unspecified atom stereocenters. The molecule has 3 aromatic rings. The zero-order valence-corrected chi connectivity index (χ0v) is 21.5. The van der Waals surface area contributed by atoms with Gasteiger partial charge in [-0.25, -0.2) is 13.2 Å². The minimum absolute atomic E-state index is 0.0375. The van der Waals surface area contributed by atoms with Crippen LogP contribution in [0.4, 0.5) is 13.2 Å². The highest BCUT2D eigenvalue weighted by Gasteiger charge is 2.31. The van der Waals surface area contributed by atoms with Crippen LogP contribution in [0.15, 0.2) is 53.6 Å². The van der Waals surface area contributed by atoms with Gasteiger partial charge in [0.25, 0.3) is 0 Å². The molecular formula is C28H31F3N2O3S. The number of aromatic nitrogens is 1. The van der Waals surface area contributed by atoms with Crippen molar-refractivity contribution in [3.8, 4) is 5.75 Å². The molecule has 0 bridgehead atoms. The van der Waals surface area contributed by atoms with E-state index in [0.717, 1.165) is 24.4 Å². The van der Waals surface area contributed by atoms with Gasteiger partial charge in [0.15, 0.2) is 0 Å². The number of fused-ring (bicyclic) bond motifs is 1. The Morgan fingerprint density at radius 2 is 1.97 bits per heavy atom. The van der Waals surface area contributed by atoms with Crippen LogP contribution in [0.3, 0.4) is 0 Å². The Hall–Kier alpha value is -2.78. The highest BCUT2D eigenvalue weighted by atomic mass is 32.2. The Bertz CT molecular complexity index is 1210. The number of ether oxygens (including phenoxy) is 1. The normalized spacial score (nSPS) is 19.1. The minimum atomic E-state index is -1.19. The molecule has 0 spiro atoms. The third kappa shape index (κ3) is 7.38. The van der Waals surface area contributed by atoms with Gasteiger partial charge in [0.2, 0.25) is 0 Å². The average Bonchev–Trinajstić information content (AvgIpc) is 2.86. The van der Waals surface area contributed by atoms with Gasteiger partial charge < -0.3 is 14.7 Å². The van der Waals surface area contributed by atoms with Gasteiger partial charge in [-0.2, -0.15) is 0 Å². The van der Waals surface area contributed by atoms with Gasteiger partial charge in [-0.3, -0.25) is 9.78 Å². The summed E-state index contributed by atoms with van der Waals surface area (Å²) in [6, 6.07) is 10.6. The third-order valence-electron chi connectivity index (χ3n) is 7.04. The highest BCUT2D eigenvalue weighted by molar-refractivity contribution is 7.99. The van der Waals surface area contributed by atoms with Crippen molar-refractivity contribution in [3.05, 3.63) is 65.9 Å². The molecule has 2 aromatic carbocycles. The highest BCUT2D eigenvalue weighted by Crippen LogP contribution is 2.36. The average molecular weight is 533 g/mol. The molecule has 1 aromatic heterocycles. The number of hydrogen-bond acceptors (Lipinski definition) is 5. The second-order valence-electron chi connectivity index (χ2n) is 9.49. The number of rotatable bonds is 11. The maximum atomic E-state index is 15.5. The molecule has 1 saturated heterocycles. The van der Waals surface area contributed by atoms with E-state index in [1.807, 2.05) is 6.07 Å². The van der Waals surface area contributed by atoms with E-state index in [1.54, 1.807) is 31.5 Å². The summed E-state index contributed by atoms with van der Waals surface area (Å²) in [4.78, 5) is 18.6. The van der Waals surface area contributed by atoms with E-state index in [0.29, 0.717) is 53.4 Å². The van der Waals surface area contributed by atoms with E-state index in [2.05, 4.69) is 9.88 Å². The van der Waals surface area contributed by atoms with Gasteiger partial charge in [0.05, 0.1) is 12.6 Å². The number of carboxylic acids is 1. The summed E-state index contributed by atoms with van der Waals surface area (Å²) in [6.07, 6.45) is 2.14. The van der Waals surface area contributed by atoms with Crippen LogP contribution in [0, 0.1) is 23.5 Å². The molecule has 3 atom stereocenters. The number of halogens is 3. The second-order valence-corrected chi connectivity index (χ2v) is 10.7. The molecule has 1 fully saturated rings. The summed E-state index contributed by atoms with van der Waals surface area (Å²) in [5.41, 5.74) is 1.28. The SMILES string of the molecule is COc1ccc2nccc(C(F)CC[C@@H]3CCN(CCSc4cc(F)cc(F)c4)C[C@@H]3CC(=O)O)c2c1. The number of carboxylic acid groups (broad SMARTS) is 1. The Balaban J connectivity index is 1.34. The van der Waals surface area contributed by atoms with Crippen molar-refractivity contribution in [1.29, 1.82) is 0 Å². The van der Waals surface area contributed by atoms with Crippen molar-refractivity contribution in [2.24, 2.45) is 11.8 Å². The Morgan fingerprint density at radius 3 is 2.70 bits per heavy atom. The summed E-state index contributed by atoms with van der Waals surface area (Å²) in [5, 5.41) is 10.2. The predicted molar refractivity (Wildman–Crippen MR) is 139 cm³/mol. The molecule has 9 heteroatoms. The Morgan fingerprint density at radius 1 is 1.19 bits per heavy atom. The summed E-state index contributed by atoms with van der Waals surface area (Å²) in [5.74, 6) is -0.750. The molecule has 5 nitrogen and oxygen atoms in total. The van der Waals surface area contributed by atoms with Crippen molar-refractivity contribution < 1.29 is 27.8 Å². The lowest BCUT2D eigenvalue weighted by Gasteiger charge is -2.38. The van der Waals surface area contributed by atoms with E-state index in [9.17, 15) is 18.7 Å². The molecule has 0 saturated carbocycles. The van der Waals surface area contributed by atoms with Gasteiger partial charge in [0.1, 0.15) is 23.6 Å². The largest absolute Gasteiger partial charge is 0.497 e. The first-order chi connectivity index (χ1) is 17.8. The first-order valence-corrected chi connectivity index (χ1v) is 13.4. The topological polar surface area (TPSA) is 62.7 Å². The first-order valence-electron chi connectivity index (χ1n) is 12.4. The number of carbonyl (C=O) groups is 1. The second kappa shape index (κ2) is 12.6. The number of methoxy groups -OCH3 is 1. The molecule has 37 heavy (non-hydrogen) atoms. The van der Waals surface area contributed by atoms with E-state index < -0.39 is 23.8 Å². The minimum Gasteiger partial charge on any atom is -0.497 e. The van der Waals surface area contributed by atoms with Crippen molar-refractivity contribution in [2.75, 3.05) is 32.5 Å². The van der Waals surface area contributed by atoms with Gasteiger partial charge in [-0.15, -0.1) is 11.8 Å². The number of pyridine rings is 1. The fourth-order valence-electron chi connectivity index (χ4n) is 5.16. The van der Waals surface area contributed by atoms with Gasteiger partial charge in [0, 0.05) is 47.8 Å². The van der Waals surface area contributed by atoms with E-state index in [1.165, 1.54) is 23.9 Å². The van der Waals surface area contributed by atoms with Crippen LogP contribution in [0.5, 0.6) is 5.75 Å². The number of likely N-dealkylation sites (tertiary alicyclic amines) is 1. The van der Waals surface area contributed by atoms with Crippen molar-refractivity contribution in [2.45, 2.75) is 36.8 Å². The summed E-state index contributed by atoms with van der Waals surface area (Å²) >= 11 is 1.37. The molecule has 0 amide bonds. The quantitative estimate of drug-likeness (QED) is 0.284. The number of benzene rings is 2. The molecule has 1 N–H and O–H groups in total. The lowest BCUT2D eigenvalue weighted by Crippen LogP contribution is -2.42. The van der Waals surface area contributed by atoms with Crippen molar-refractivity contribution in [1.82, 2.24) is 9.88 Å². The van der Waals surface area contributed by atoms with Crippen molar-refractivity contribution >= 4 is 28.6 Å². The van der Waals surface area contributed by atoms with Crippen LogP contribution in [-0.4, -0.2) is 53.5 Å². The zero-order valence-electron chi connectivity index (χ0n) is 20.7. The number of thioether (sulfide) groups is 1. The molecule has 1 aliphatic rings. The fourth-order valence-corrected chi connectivity index (χ4v) is 6.14. The van der Waals surface area contributed by atoms with E-state index in [-0.39, 0.29) is 18.3 Å². The summed E-state index contributed by atoms with van der Waals surface area (Å²) in [7, 11) is 1.57.